The molecule has 5 nitrogen and oxygen atoms in total. The van der Waals surface area contributed by atoms with E-state index in [0.717, 1.165) is 18.6 Å². The second kappa shape index (κ2) is 9.84. The van der Waals surface area contributed by atoms with Crippen molar-refractivity contribution in [1.82, 2.24) is 5.32 Å². The molecule has 0 saturated heterocycles. The van der Waals surface area contributed by atoms with Gasteiger partial charge in [-0.2, -0.15) is 13.2 Å². The van der Waals surface area contributed by atoms with Crippen molar-refractivity contribution in [1.29, 1.82) is 0 Å². The van der Waals surface area contributed by atoms with Gasteiger partial charge in [0.2, 0.25) is 5.91 Å². The van der Waals surface area contributed by atoms with E-state index in [0.29, 0.717) is 6.42 Å². The second-order valence-electron chi connectivity index (χ2n) is 5.87. The lowest BCUT2D eigenvalue weighted by Crippen LogP contribution is -2.53. The Bertz CT molecular complexity index is 554. The van der Waals surface area contributed by atoms with Crippen LogP contribution in [-0.2, 0) is 11.0 Å². The average molecular weight is 385 g/mol. The van der Waals surface area contributed by atoms with Gasteiger partial charge in [-0.1, -0.05) is 19.4 Å². The number of carbonyl (C=O) groups is 1. The van der Waals surface area contributed by atoms with E-state index in [1.807, 2.05) is 6.92 Å². The van der Waals surface area contributed by atoms with Gasteiger partial charge in [0.15, 0.2) is 0 Å². The predicted octanol–water partition coefficient (Wildman–Crippen LogP) is 2.50. The summed E-state index contributed by atoms with van der Waals surface area (Å²) in [6.07, 6.45) is -4.30. The number of aliphatic hydroxyl groups excluding tert-OH is 1. The first-order valence-electron chi connectivity index (χ1n) is 7.61. The van der Waals surface area contributed by atoms with Crippen LogP contribution in [-0.4, -0.2) is 35.8 Å². The summed E-state index contributed by atoms with van der Waals surface area (Å²) in [6.45, 7) is 3.14. The normalized spacial score (nSPS) is 14.8. The molecule has 0 aliphatic carbocycles. The molecule has 144 valence electrons. The molecular formula is C16H24ClF3N2O3. The lowest BCUT2D eigenvalue weighted by molar-refractivity contribution is -0.137. The maximum atomic E-state index is 12.6. The van der Waals surface area contributed by atoms with Crippen LogP contribution >= 0.6 is 12.4 Å². The Balaban J connectivity index is 0.00000576. The SMILES string of the molecule is CCCC(C)(N)C(=O)NCC(O)COc1cccc(C(F)(F)F)c1.Cl. The van der Waals surface area contributed by atoms with E-state index >= 15 is 0 Å². The minimum absolute atomic E-state index is 0. The molecular weight excluding hydrogens is 361 g/mol. The first kappa shape index (κ1) is 23.5. The summed E-state index contributed by atoms with van der Waals surface area (Å²) >= 11 is 0. The van der Waals surface area contributed by atoms with Crippen molar-refractivity contribution in [3.05, 3.63) is 29.8 Å². The van der Waals surface area contributed by atoms with Crippen molar-refractivity contribution in [2.45, 2.75) is 44.5 Å². The number of benzene rings is 1. The summed E-state index contributed by atoms with van der Waals surface area (Å²) in [6, 6.07) is 4.36. The summed E-state index contributed by atoms with van der Waals surface area (Å²) in [5, 5.41) is 12.3. The smallest absolute Gasteiger partial charge is 0.416 e. The topological polar surface area (TPSA) is 84.6 Å². The molecule has 0 fully saturated rings. The van der Waals surface area contributed by atoms with Gasteiger partial charge < -0.3 is 20.9 Å². The highest BCUT2D eigenvalue weighted by Gasteiger charge is 2.30. The Kier molecular flexibility index (Phi) is 9.24. The molecule has 0 aromatic heterocycles. The number of aliphatic hydroxyl groups is 1. The zero-order valence-corrected chi connectivity index (χ0v) is 14.9. The fraction of sp³-hybridized carbons (Fsp3) is 0.562. The molecule has 2 atom stereocenters. The van der Waals surface area contributed by atoms with Crippen LogP contribution in [0.25, 0.3) is 0 Å². The molecule has 0 bridgehead atoms. The molecule has 0 aliphatic heterocycles. The van der Waals surface area contributed by atoms with Crippen molar-refractivity contribution in [3.63, 3.8) is 0 Å². The monoisotopic (exact) mass is 384 g/mol. The number of ether oxygens (including phenoxy) is 1. The molecule has 0 aliphatic rings. The van der Waals surface area contributed by atoms with Crippen molar-refractivity contribution < 1.29 is 27.8 Å². The second-order valence-corrected chi connectivity index (χ2v) is 5.87. The lowest BCUT2D eigenvalue weighted by Gasteiger charge is -2.23. The van der Waals surface area contributed by atoms with Crippen LogP contribution in [0.15, 0.2) is 24.3 Å². The first-order chi connectivity index (χ1) is 11.1. The number of amides is 1. The van der Waals surface area contributed by atoms with E-state index in [9.17, 15) is 23.1 Å². The van der Waals surface area contributed by atoms with E-state index in [1.165, 1.54) is 12.1 Å². The van der Waals surface area contributed by atoms with Gasteiger partial charge in [0.1, 0.15) is 18.5 Å². The number of hydrogen-bond donors (Lipinski definition) is 3. The molecule has 0 radical (unpaired) electrons. The number of carbonyl (C=O) groups excluding carboxylic acids is 1. The Morgan fingerprint density at radius 1 is 1.40 bits per heavy atom. The van der Waals surface area contributed by atoms with Crippen LogP contribution in [0.3, 0.4) is 0 Å². The third-order valence-electron chi connectivity index (χ3n) is 3.39. The quantitative estimate of drug-likeness (QED) is 0.643. The fourth-order valence-electron chi connectivity index (χ4n) is 2.06. The molecule has 0 heterocycles. The number of rotatable bonds is 8. The Morgan fingerprint density at radius 2 is 2.04 bits per heavy atom. The molecule has 2 unspecified atom stereocenters. The van der Waals surface area contributed by atoms with Crippen LogP contribution in [0.4, 0.5) is 13.2 Å². The van der Waals surface area contributed by atoms with Crippen LogP contribution in [0.2, 0.25) is 0 Å². The van der Waals surface area contributed by atoms with Gasteiger partial charge >= 0.3 is 6.18 Å². The average Bonchev–Trinajstić information content (AvgIpc) is 2.50. The molecule has 1 aromatic carbocycles. The summed E-state index contributed by atoms with van der Waals surface area (Å²) in [5.74, 6) is -0.410. The Morgan fingerprint density at radius 3 is 2.60 bits per heavy atom. The van der Waals surface area contributed by atoms with E-state index in [2.05, 4.69) is 5.32 Å². The van der Waals surface area contributed by atoms with E-state index in [4.69, 9.17) is 10.5 Å². The highest BCUT2D eigenvalue weighted by atomic mass is 35.5. The summed E-state index contributed by atoms with van der Waals surface area (Å²) < 4.78 is 42.9. The van der Waals surface area contributed by atoms with Gasteiger partial charge in [-0.3, -0.25) is 4.79 Å². The van der Waals surface area contributed by atoms with E-state index < -0.39 is 29.3 Å². The number of halogens is 4. The summed E-state index contributed by atoms with van der Waals surface area (Å²) in [4.78, 5) is 11.9. The summed E-state index contributed by atoms with van der Waals surface area (Å²) in [5.41, 5.74) is 3.98. The van der Waals surface area contributed by atoms with Gasteiger partial charge in [0.25, 0.3) is 0 Å². The highest BCUT2D eigenvalue weighted by Crippen LogP contribution is 2.31. The number of hydrogen-bond acceptors (Lipinski definition) is 4. The van der Waals surface area contributed by atoms with Gasteiger partial charge in [-0.15, -0.1) is 12.4 Å². The minimum atomic E-state index is -4.46. The molecule has 4 N–H and O–H groups in total. The van der Waals surface area contributed by atoms with Crippen molar-refractivity contribution in [3.8, 4) is 5.75 Å². The minimum Gasteiger partial charge on any atom is -0.491 e. The van der Waals surface area contributed by atoms with Gasteiger partial charge in [-0.25, -0.2) is 0 Å². The highest BCUT2D eigenvalue weighted by molar-refractivity contribution is 5.85. The van der Waals surface area contributed by atoms with Crippen LogP contribution in [0.1, 0.15) is 32.3 Å². The van der Waals surface area contributed by atoms with Crippen LogP contribution in [0, 0.1) is 0 Å². The zero-order valence-electron chi connectivity index (χ0n) is 14.1. The van der Waals surface area contributed by atoms with Gasteiger partial charge in [0.05, 0.1) is 11.1 Å². The van der Waals surface area contributed by atoms with E-state index in [-0.39, 0.29) is 31.3 Å². The Labute approximate surface area is 151 Å². The molecule has 1 aromatic rings. The van der Waals surface area contributed by atoms with Crippen molar-refractivity contribution in [2.24, 2.45) is 5.73 Å². The number of alkyl halides is 3. The molecule has 0 spiro atoms. The van der Waals surface area contributed by atoms with Gasteiger partial charge in [0, 0.05) is 6.54 Å². The maximum Gasteiger partial charge on any atom is 0.416 e. The fourth-order valence-corrected chi connectivity index (χ4v) is 2.06. The summed E-state index contributed by atoms with van der Waals surface area (Å²) in [7, 11) is 0. The largest absolute Gasteiger partial charge is 0.491 e. The molecule has 0 saturated carbocycles. The first-order valence-corrected chi connectivity index (χ1v) is 7.61. The predicted molar refractivity (Wildman–Crippen MR) is 90.7 cm³/mol. The lowest BCUT2D eigenvalue weighted by atomic mass is 9.96. The maximum absolute atomic E-state index is 12.6. The van der Waals surface area contributed by atoms with Crippen LogP contribution in [0.5, 0.6) is 5.75 Å². The molecule has 1 rings (SSSR count). The van der Waals surface area contributed by atoms with Crippen LogP contribution < -0.4 is 15.8 Å². The molecule has 25 heavy (non-hydrogen) atoms. The third-order valence-corrected chi connectivity index (χ3v) is 3.39. The number of nitrogens with two attached hydrogens (primary N) is 1. The van der Waals surface area contributed by atoms with E-state index in [1.54, 1.807) is 6.92 Å². The molecule has 1 amide bonds. The third kappa shape index (κ3) is 7.94. The molecule has 9 heteroatoms. The Hall–Kier alpha value is -1.51. The zero-order chi connectivity index (χ0) is 18.4. The standard InChI is InChI=1S/C16H23F3N2O3.ClH/c1-3-7-15(2,20)14(23)21-9-12(22)10-24-13-6-4-5-11(8-13)16(17,18)19;/h4-6,8,12,22H,3,7,9-10,20H2,1-2H3,(H,21,23);1H. The van der Waals surface area contributed by atoms with Gasteiger partial charge in [-0.05, 0) is 31.5 Å². The van der Waals surface area contributed by atoms with Crippen molar-refractivity contribution in [2.75, 3.05) is 13.2 Å². The number of nitrogens with one attached hydrogen (secondary N) is 1. The van der Waals surface area contributed by atoms with Crippen molar-refractivity contribution >= 4 is 18.3 Å².